The van der Waals surface area contributed by atoms with E-state index in [0.29, 0.717) is 17.3 Å². The lowest BCUT2D eigenvalue weighted by Gasteiger charge is -2.48. The Hall–Kier alpha value is -0.700. The molecule has 3 nitrogen and oxygen atoms in total. The number of rotatable bonds is 14. The molecule has 28 heavy (non-hydrogen) atoms. The van der Waals surface area contributed by atoms with E-state index in [1.807, 2.05) is 0 Å². The van der Waals surface area contributed by atoms with Crippen LogP contribution in [-0.2, 0) is 0 Å². The first-order valence-corrected chi connectivity index (χ1v) is 12.0. The first-order valence-electron chi connectivity index (χ1n) is 12.0. The Morgan fingerprint density at radius 2 is 1.25 bits per heavy atom. The van der Waals surface area contributed by atoms with E-state index in [0.717, 1.165) is 25.7 Å². The quantitative estimate of drug-likeness (QED) is 0.208. The van der Waals surface area contributed by atoms with Crippen LogP contribution < -0.4 is 5.32 Å². The summed E-state index contributed by atoms with van der Waals surface area (Å²) in [7, 11) is 0. The van der Waals surface area contributed by atoms with Crippen LogP contribution in [0.25, 0.3) is 0 Å². The maximum atomic E-state index is 8.58. The summed E-state index contributed by atoms with van der Waals surface area (Å²) in [5.74, 6) is 0.683. The number of hydrogen-bond donors (Lipinski definition) is 3. The van der Waals surface area contributed by atoms with Crippen LogP contribution in [0.3, 0.4) is 0 Å². The Labute approximate surface area is 175 Å². The molecule has 1 heterocycles. The van der Waals surface area contributed by atoms with Gasteiger partial charge in [-0.25, -0.2) is 0 Å². The highest BCUT2D eigenvalue weighted by Crippen LogP contribution is 2.37. The first-order chi connectivity index (χ1) is 13.1. The molecule has 1 fully saturated rings. The van der Waals surface area contributed by atoms with Crippen LogP contribution in [0.1, 0.15) is 125 Å². The Morgan fingerprint density at radius 1 is 0.821 bits per heavy atom. The fourth-order valence-electron chi connectivity index (χ4n) is 5.19. The fourth-order valence-corrected chi connectivity index (χ4v) is 5.19. The zero-order valence-corrected chi connectivity index (χ0v) is 19.8. The zero-order chi connectivity index (χ0) is 21.2. The molecule has 1 rings (SSSR count). The molecular formula is C25H49N3. The molecule has 3 N–H and O–H groups in total. The zero-order valence-electron chi connectivity index (χ0n) is 19.8. The van der Waals surface area contributed by atoms with Gasteiger partial charge in [0, 0.05) is 17.0 Å². The lowest BCUT2D eigenvalue weighted by atomic mass is 9.69. The van der Waals surface area contributed by atoms with Crippen LogP contribution in [0.5, 0.6) is 0 Å². The summed E-state index contributed by atoms with van der Waals surface area (Å²) in [5, 5.41) is 20.7. The average molecular weight is 392 g/mol. The van der Waals surface area contributed by atoms with Gasteiger partial charge in [0.25, 0.3) is 0 Å². The molecule has 0 aromatic rings. The average Bonchev–Trinajstić information content (AvgIpc) is 2.59. The normalized spacial score (nSPS) is 20.1. The molecule has 0 spiro atoms. The predicted molar refractivity (Wildman–Crippen MR) is 125 cm³/mol. The van der Waals surface area contributed by atoms with Gasteiger partial charge in [0.05, 0.1) is 11.4 Å². The fraction of sp³-hybridized carbons (Fsp3) is 0.920. The molecule has 0 aromatic heterocycles. The third-order valence-corrected chi connectivity index (χ3v) is 6.49. The smallest absolute Gasteiger partial charge is 0.0552 e. The Kier molecular flexibility index (Phi) is 10.9. The predicted octanol–water partition coefficient (Wildman–Crippen LogP) is 7.53. The summed E-state index contributed by atoms with van der Waals surface area (Å²) in [4.78, 5) is 0. The maximum Gasteiger partial charge on any atom is 0.0552 e. The summed E-state index contributed by atoms with van der Waals surface area (Å²) < 4.78 is 0. The second kappa shape index (κ2) is 12.1. The van der Waals surface area contributed by atoms with Gasteiger partial charge in [0.15, 0.2) is 0 Å². The Balaban J connectivity index is 2.24. The van der Waals surface area contributed by atoms with Crippen molar-refractivity contribution in [1.29, 1.82) is 10.8 Å². The van der Waals surface area contributed by atoms with Crippen LogP contribution in [0.15, 0.2) is 0 Å². The number of hydrogen-bond acceptors (Lipinski definition) is 3. The third kappa shape index (κ3) is 9.67. The van der Waals surface area contributed by atoms with E-state index in [-0.39, 0.29) is 17.0 Å². The highest BCUT2D eigenvalue weighted by molar-refractivity contribution is 6.40. The molecule has 0 bridgehead atoms. The van der Waals surface area contributed by atoms with Crippen LogP contribution in [0.4, 0.5) is 0 Å². The molecule has 0 amide bonds. The molecule has 1 aliphatic rings. The molecule has 1 aliphatic heterocycles. The summed E-state index contributed by atoms with van der Waals surface area (Å²) in [6.07, 6.45) is 16.2. The summed E-state index contributed by atoms with van der Waals surface area (Å²) in [6, 6.07) is 0. The minimum Gasteiger partial charge on any atom is -0.307 e. The van der Waals surface area contributed by atoms with Crippen LogP contribution >= 0.6 is 0 Å². The van der Waals surface area contributed by atoms with Crippen molar-refractivity contribution in [3.8, 4) is 0 Å². The molecule has 0 radical (unpaired) electrons. The lowest BCUT2D eigenvalue weighted by molar-refractivity contribution is 0.114. The number of piperidine rings is 1. The van der Waals surface area contributed by atoms with Crippen molar-refractivity contribution in [2.24, 2.45) is 11.8 Å². The SMILES string of the molecule is CCCCCCCCCCCCC(=N)C(=N)C(C)C1CC(C)(C)NC(C)(C)C1. The van der Waals surface area contributed by atoms with E-state index in [9.17, 15) is 0 Å². The van der Waals surface area contributed by atoms with Gasteiger partial charge >= 0.3 is 0 Å². The number of unbranched alkanes of at least 4 members (excludes halogenated alkanes) is 9. The lowest BCUT2D eigenvalue weighted by Crippen LogP contribution is -2.59. The van der Waals surface area contributed by atoms with Crippen molar-refractivity contribution in [2.75, 3.05) is 0 Å². The van der Waals surface area contributed by atoms with Crippen molar-refractivity contribution in [2.45, 2.75) is 136 Å². The van der Waals surface area contributed by atoms with Gasteiger partial charge in [0.1, 0.15) is 0 Å². The Bertz CT molecular complexity index is 462. The van der Waals surface area contributed by atoms with Crippen molar-refractivity contribution in [3.05, 3.63) is 0 Å². The molecule has 0 aromatic carbocycles. The monoisotopic (exact) mass is 391 g/mol. The van der Waals surface area contributed by atoms with Crippen molar-refractivity contribution >= 4 is 11.4 Å². The molecule has 1 saturated heterocycles. The minimum absolute atomic E-state index is 0.111. The second-order valence-electron chi connectivity index (χ2n) is 10.7. The summed E-state index contributed by atoms with van der Waals surface area (Å²) >= 11 is 0. The molecule has 3 heteroatoms. The molecule has 0 saturated carbocycles. The minimum atomic E-state index is 0.111. The van der Waals surface area contributed by atoms with E-state index < -0.39 is 0 Å². The maximum absolute atomic E-state index is 8.58. The van der Waals surface area contributed by atoms with Gasteiger partial charge < -0.3 is 16.1 Å². The van der Waals surface area contributed by atoms with Gasteiger partial charge in [0.2, 0.25) is 0 Å². The molecule has 164 valence electrons. The highest BCUT2D eigenvalue weighted by atomic mass is 15.0. The van der Waals surface area contributed by atoms with E-state index in [4.69, 9.17) is 10.8 Å². The summed E-state index contributed by atoms with van der Waals surface area (Å²) in [6.45, 7) is 13.5. The highest BCUT2D eigenvalue weighted by Gasteiger charge is 2.40. The second-order valence-corrected chi connectivity index (χ2v) is 10.7. The van der Waals surface area contributed by atoms with Crippen molar-refractivity contribution in [3.63, 3.8) is 0 Å². The first kappa shape index (κ1) is 25.3. The third-order valence-electron chi connectivity index (χ3n) is 6.49. The standard InChI is InChI=1S/C25H49N3/c1-7-8-9-10-11-12-13-14-15-16-17-22(26)23(27)20(2)21-18-24(3,4)28-25(5,6)19-21/h20-21,26-28H,7-19H2,1-6H3. The van der Waals surface area contributed by atoms with Crippen LogP contribution in [0, 0.1) is 22.7 Å². The number of nitrogens with one attached hydrogen (secondary N) is 3. The van der Waals surface area contributed by atoms with Gasteiger partial charge in [-0.05, 0) is 59.3 Å². The van der Waals surface area contributed by atoms with Crippen molar-refractivity contribution < 1.29 is 0 Å². The molecule has 1 unspecified atom stereocenters. The largest absolute Gasteiger partial charge is 0.307 e. The van der Waals surface area contributed by atoms with E-state index >= 15 is 0 Å². The summed E-state index contributed by atoms with van der Waals surface area (Å²) in [5.41, 5.74) is 1.40. The topological polar surface area (TPSA) is 59.7 Å². The molecule has 0 aliphatic carbocycles. The van der Waals surface area contributed by atoms with Gasteiger partial charge in [-0.2, -0.15) is 0 Å². The molecular weight excluding hydrogens is 342 g/mol. The van der Waals surface area contributed by atoms with Gasteiger partial charge in [-0.15, -0.1) is 0 Å². The van der Waals surface area contributed by atoms with E-state index in [1.165, 1.54) is 57.8 Å². The van der Waals surface area contributed by atoms with E-state index in [1.54, 1.807) is 0 Å². The van der Waals surface area contributed by atoms with Crippen LogP contribution in [-0.4, -0.2) is 22.5 Å². The van der Waals surface area contributed by atoms with E-state index in [2.05, 4.69) is 46.9 Å². The molecule has 1 atom stereocenters. The van der Waals surface area contributed by atoms with Crippen LogP contribution in [0.2, 0.25) is 0 Å². The van der Waals surface area contributed by atoms with Gasteiger partial charge in [-0.1, -0.05) is 71.6 Å². The Morgan fingerprint density at radius 3 is 1.71 bits per heavy atom. The van der Waals surface area contributed by atoms with Gasteiger partial charge in [-0.3, -0.25) is 0 Å². The van der Waals surface area contributed by atoms with Crippen molar-refractivity contribution in [1.82, 2.24) is 5.32 Å².